The summed E-state index contributed by atoms with van der Waals surface area (Å²) in [7, 11) is 0. The van der Waals surface area contributed by atoms with Gasteiger partial charge in [-0.2, -0.15) is 0 Å². The van der Waals surface area contributed by atoms with E-state index >= 15 is 0 Å². The maximum Gasteiger partial charge on any atom is 0.217 e. The van der Waals surface area contributed by atoms with Crippen LogP contribution < -0.4 is 11.5 Å². The van der Waals surface area contributed by atoms with E-state index in [0.717, 1.165) is 6.42 Å². The summed E-state index contributed by atoms with van der Waals surface area (Å²) < 4.78 is 0. The second-order valence-electron chi connectivity index (χ2n) is 3.45. The lowest BCUT2D eigenvalue weighted by Gasteiger charge is -2.09. The molecule has 1 atom stereocenters. The summed E-state index contributed by atoms with van der Waals surface area (Å²) in [5, 5.41) is 0. The van der Waals surface area contributed by atoms with Crippen LogP contribution in [0.1, 0.15) is 18.4 Å². The van der Waals surface area contributed by atoms with E-state index < -0.39 is 0 Å². The molecule has 0 aliphatic rings. The van der Waals surface area contributed by atoms with Crippen LogP contribution in [0.3, 0.4) is 0 Å². The zero-order chi connectivity index (χ0) is 10.4. The Labute approximate surface area is 84.1 Å². The van der Waals surface area contributed by atoms with Gasteiger partial charge in [-0.3, -0.25) is 4.79 Å². The molecule has 76 valence electrons. The highest BCUT2D eigenvalue weighted by Gasteiger charge is 2.05. The highest BCUT2D eigenvalue weighted by Crippen LogP contribution is 2.05. The van der Waals surface area contributed by atoms with Crippen molar-refractivity contribution in [2.75, 3.05) is 0 Å². The number of amides is 1. The van der Waals surface area contributed by atoms with Gasteiger partial charge in [0.15, 0.2) is 0 Å². The Balaban J connectivity index is 2.34. The van der Waals surface area contributed by atoms with Gasteiger partial charge in [-0.25, -0.2) is 0 Å². The lowest BCUT2D eigenvalue weighted by atomic mass is 10.0. The van der Waals surface area contributed by atoms with Crippen molar-refractivity contribution in [3.63, 3.8) is 0 Å². The van der Waals surface area contributed by atoms with Crippen molar-refractivity contribution in [2.24, 2.45) is 11.5 Å². The van der Waals surface area contributed by atoms with Crippen LogP contribution in [0.2, 0.25) is 0 Å². The average Bonchev–Trinajstić information content (AvgIpc) is 2.16. The van der Waals surface area contributed by atoms with Crippen LogP contribution >= 0.6 is 0 Å². The molecular formula is C11H16N2O. The number of hydrogen-bond donors (Lipinski definition) is 2. The van der Waals surface area contributed by atoms with Crippen molar-refractivity contribution in [2.45, 2.75) is 25.3 Å². The lowest BCUT2D eigenvalue weighted by molar-refractivity contribution is -0.118. The third-order valence-electron chi connectivity index (χ3n) is 2.10. The fourth-order valence-electron chi connectivity index (χ4n) is 1.35. The second kappa shape index (κ2) is 5.40. The molecule has 1 amide bonds. The van der Waals surface area contributed by atoms with Gasteiger partial charge < -0.3 is 11.5 Å². The predicted molar refractivity (Wildman–Crippen MR) is 56.5 cm³/mol. The summed E-state index contributed by atoms with van der Waals surface area (Å²) in [4.78, 5) is 10.5. The first kappa shape index (κ1) is 10.7. The molecule has 0 saturated carbocycles. The predicted octanol–water partition coefficient (Wildman–Crippen LogP) is 0.822. The van der Waals surface area contributed by atoms with Crippen molar-refractivity contribution in [3.8, 4) is 0 Å². The van der Waals surface area contributed by atoms with Gasteiger partial charge in [-0.15, -0.1) is 0 Å². The molecule has 0 aromatic heterocycles. The molecule has 0 radical (unpaired) electrons. The van der Waals surface area contributed by atoms with Crippen LogP contribution in [-0.2, 0) is 11.2 Å². The zero-order valence-corrected chi connectivity index (χ0v) is 8.15. The number of carbonyl (C=O) groups excluding carboxylic acids is 1. The van der Waals surface area contributed by atoms with Gasteiger partial charge in [-0.05, 0) is 18.4 Å². The van der Waals surface area contributed by atoms with E-state index in [4.69, 9.17) is 11.5 Å². The Hall–Kier alpha value is -1.35. The summed E-state index contributed by atoms with van der Waals surface area (Å²) in [5.74, 6) is -0.284. The number of hydrogen-bond acceptors (Lipinski definition) is 2. The largest absolute Gasteiger partial charge is 0.370 e. The molecule has 0 fully saturated rings. The highest BCUT2D eigenvalue weighted by atomic mass is 16.1. The molecule has 1 aromatic rings. The molecule has 0 aliphatic carbocycles. The van der Waals surface area contributed by atoms with Gasteiger partial charge in [-0.1, -0.05) is 30.3 Å². The standard InChI is InChI=1S/C11H16N2O/c12-10(6-7-11(13)14)8-9-4-2-1-3-5-9/h1-5,10H,6-8,12H2,(H2,13,14)/t10-/m0/s1. The fraction of sp³-hybridized carbons (Fsp3) is 0.364. The molecule has 0 saturated heterocycles. The lowest BCUT2D eigenvalue weighted by Crippen LogP contribution is -2.25. The van der Waals surface area contributed by atoms with E-state index in [2.05, 4.69) is 0 Å². The number of benzene rings is 1. The van der Waals surface area contributed by atoms with Crippen LogP contribution in [0.5, 0.6) is 0 Å². The van der Waals surface area contributed by atoms with Gasteiger partial charge in [0.25, 0.3) is 0 Å². The topological polar surface area (TPSA) is 69.1 Å². The molecule has 0 heterocycles. The Morgan fingerprint density at radius 3 is 2.50 bits per heavy atom. The Morgan fingerprint density at radius 2 is 1.93 bits per heavy atom. The van der Waals surface area contributed by atoms with Crippen molar-refractivity contribution in [3.05, 3.63) is 35.9 Å². The minimum absolute atomic E-state index is 0.0184. The molecule has 0 unspecified atom stereocenters. The molecule has 14 heavy (non-hydrogen) atoms. The van der Waals surface area contributed by atoms with E-state index in [0.29, 0.717) is 12.8 Å². The van der Waals surface area contributed by atoms with E-state index in [-0.39, 0.29) is 11.9 Å². The highest BCUT2D eigenvalue weighted by molar-refractivity contribution is 5.73. The van der Waals surface area contributed by atoms with Gasteiger partial charge in [0.05, 0.1) is 0 Å². The minimum Gasteiger partial charge on any atom is -0.370 e. The zero-order valence-electron chi connectivity index (χ0n) is 8.15. The van der Waals surface area contributed by atoms with E-state index in [1.807, 2.05) is 30.3 Å². The van der Waals surface area contributed by atoms with Crippen LogP contribution in [0.4, 0.5) is 0 Å². The van der Waals surface area contributed by atoms with E-state index in [1.165, 1.54) is 5.56 Å². The molecule has 1 aromatic carbocycles. The van der Waals surface area contributed by atoms with Crippen LogP contribution in [-0.4, -0.2) is 11.9 Å². The number of primary amides is 1. The van der Waals surface area contributed by atoms with Gasteiger partial charge in [0.1, 0.15) is 0 Å². The van der Waals surface area contributed by atoms with Crippen LogP contribution in [0.15, 0.2) is 30.3 Å². The third kappa shape index (κ3) is 4.05. The normalized spacial score (nSPS) is 12.4. The Morgan fingerprint density at radius 1 is 1.29 bits per heavy atom. The first-order valence-corrected chi connectivity index (χ1v) is 4.76. The van der Waals surface area contributed by atoms with Crippen molar-refractivity contribution in [1.82, 2.24) is 0 Å². The molecule has 3 nitrogen and oxygen atoms in total. The van der Waals surface area contributed by atoms with Crippen LogP contribution in [0, 0.1) is 0 Å². The SMILES string of the molecule is NC(=O)CC[C@H](N)Cc1ccccc1. The number of nitrogens with two attached hydrogens (primary N) is 2. The summed E-state index contributed by atoms with van der Waals surface area (Å²) in [6, 6.07) is 10.0. The van der Waals surface area contributed by atoms with Crippen molar-refractivity contribution >= 4 is 5.91 Å². The minimum atomic E-state index is -0.284. The molecule has 4 N–H and O–H groups in total. The molecular weight excluding hydrogens is 176 g/mol. The molecule has 3 heteroatoms. The smallest absolute Gasteiger partial charge is 0.217 e. The Bertz CT molecular complexity index is 285. The van der Waals surface area contributed by atoms with Crippen molar-refractivity contribution < 1.29 is 4.79 Å². The quantitative estimate of drug-likeness (QED) is 0.725. The first-order chi connectivity index (χ1) is 6.68. The maximum absolute atomic E-state index is 10.5. The molecule has 1 rings (SSSR count). The van der Waals surface area contributed by atoms with Gasteiger partial charge in [0, 0.05) is 12.5 Å². The molecule has 0 aliphatic heterocycles. The average molecular weight is 192 g/mol. The second-order valence-corrected chi connectivity index (χ2v) is 3.45. The van der Waals surface area contributed by atoms with E-state index in [9.17, 15) is 4.79 Å². The summed E-state index contributed by atoms with van der Waals surface area (Å²) in [5.41, 5.74) is 12.1. The summed E-state index contributed by atoms with van der Waals surface area (Å²) in [6.45, 7) is 0. The maximum atomic E-state index is 10.5. The summed E-state index contributed by atoms with van der Waals surface area (Å²) in [6.07, 6.45) is 1.83. The van der Waals surface area contributed by atoms with Crippen LogP contribution in [0.25, 0.3) is 0 Å². The van der Waals surface area contributed by atoms with E-state index in [1.54, 1.807) is 0 Å². The molecule has 0 spiro atoms. The fourth-order valence-corrected chi connectivity index (χ4v) is 1.35. The first-order valence-electron chi connectivity index (χ1n) is 4.76. The summed E-state index contributed by atoms with van der Waals surface area (Å²) >= 11 is 0. The monoisotopic (exact) mass is 192 g/mol. The third-order valence-corrected chi connectivity index (χ3v) is 2.10. The van der Waals surface area contributed by atoms with Crippen molar-refractivity contribution in [1.29, 1.82) is 0 Å². The molecule has 0 bridgehead atoms. The number of rotatable bonds is 5. The van der Waals surface area contributed by atoms with Gasteiger partial charge >= 0.3 is 0 Å². The number of carbonyl (C=O) groups is 1. The van der Waals surface area contributed by atoms with Gasteiger partial charge in [0.2, 0.25) is 5.91 Å². The Kier molecular flexibility index (Phi) is 4.13.